The summed E-state index contributed by atoms with van der Waals surface area (Å²) in [5.74, 6) is -0.287. The number of halogens is 1. The first-order chi connectivity index (χ1) is 12.7. The van der Waals surface area contributed by atoms with Gasteiger partial charge in [0.2, 0.25) is 0 Å². The van der Waals surface area contributed by atoms with Crippen LogP contribution in [-0.2, 0) is 10.0 Å². The molecule has 0 aliphatic rings. The van der Waals surface area contributed by atoms with E-state index >= 15 is 0 Å². The number of hydrogen-bond acceptors (Lipinski definition) is 4. The summed E-state index contributed by atoms with van der Waals surface area (Å²) in [5, 5.41) is 6.06. The van der Waals surface area contributed by atoms with Crippen molar-refractivity contribution in [3.63, 3.8) is 0 Å². The van der Waals surface area contributed by atoms with E-state index in [-0.39, 0.29) is 29.3 Å². The van der Waals surface area contributed by atoms with Crippen molar-refractivity contribution in [3.05, 3.63) is 59.2 Å². The topological polar surface area (TPSA) is 87.3 Å². The van der Waals surface area contributed by atoms with Crippen molar-refractivity contribution in [2.24, 2.45) is 0 Å². The number of para-hydroxylation sites is 1. The quantitative estimate of drug-likeness (QED) is 0.605. The maximum absolute atomic E-state index is 12.7. The van der Waals surface area contributed by atoms with E-state index in [1.54, 1.807) is 25.1 Å². The lowest BCUT2D eigenvalue weighted by atomic mass is 10.1. The number of rotatable bonds is 8. The molecule has 0 aliphatic heterocycles. The molecule has 154 valence electrons. The van der Waals surface area contributed by atoms with E-state index in [0.29, 0.717) is 17.8 Å². The molecule has 0 unspecified atom stereocenters. The van der Waals surface area contributed by atoms with E-state index < -0.39 is 10.0 Å². The van der Waals surface area contributed by atoms with Crippen LogP contribution in [0.2, 0.25) is 0 Å². The van der Waals surface area contributed by atoms with Crippen molar-refractivity contribution in [3.8, 4) is 0 Å². The van der Waals surface area contributed by atoms with Gasteiger partial charge in [-0.2, -0.15) is 0 Å². The summed E-state index contributed by atoms with van der Waals surface area (Å²) in [6.07, 6.45) is 0. The number of carbonyl (C=O) groups is 1. The van der Waals surface area contributed by atoms with Crippen molar-refractivity contribution >= 4 is 34.0 Å². The van der Waals surface area contributed by atoms with Crippen molar-refractivity contribution < 1.29 is 13.2 Å². The number of sulfonamides is 1. The van der Waals surface area contributed by atoms with Gasteiger partial charge in [-0.15, -0.1) is 12.4 Å². The van der Waals surface area contributed by atoms with E-state index in [0.717, 1.165) is 17.7 Å². The Hall–Kier alpha value is -2.09. The molecule has 0 saturated carbocycles. The molecular formula is C20H28ClN3O3S. The van der Waals surface area contributed by atoms with Gasteiger partial charge < -0.3 is 10.6 Å². The Labute approximate surface area is 173 Å². The molecule has 0 saturated heterocycles. The zero-order valence-corrected chi connectivity index (χ0v) is 18.2. The molecule has 2 rings (SSSR count). The number of nitrogens with one attached hydrogen (secondary N) is 3. The second kappa shape index (κ2) is 10.5. The van der Waals surface area contributed by atoms with Gasteiger partial charge in [-0.25, -0.2) is 8.42 Å². The van der Waals surface area contributed by atoms with E-state index in [1.807, 2.05) is 32.9 Å². The lowest BCUT2D eigenvalue weighted by Gasteiger charge is -2.15. The van der Waals surface area contributed by atoms with Crippen molar-refractivity contribution in [2.45, 2.75) is 38.6 Å². The van der Waals surface area contributed by atoms with Crippen LogP contribution in [0, 0.1) is 13.8 Å². The number of amides is 1. The molecule has 0 heterocycles. The van der Waals surface area contributed by atoms with Gasteiger partial charge in [-0.1, -0.05) is 31.2 Å². The van der Waals surface area contributed by atoms with Crippen LogP contribution in [0.25, 0.3) is 0 Å². The Balaban J connectivity index is 0.00000392. The molecule has 6 nitrogen and oxygen atoms in total. The Bertz CT molecular complexity index is 917. The number of aryl methyl sites for hydroxylation is 2. The fourth-order valence-electron chi connectivity index (χ4n) is 2.67. The minimum atomic E-state index is -3.79. The maximum atomic E-state index is 12.7. The van der Waals surface area contributed by atoms with Crippen LogP contribution in [-0.4, -0.2) is 33.5 Å². The van der Waals surface area contributed by atoms with Crippen molar-refractivity contribution in [1.82, 2.24) is 10.6 Å². The van der Waals surface area contributed by atoms with Gasteiger partial charge in [-0.3, -0.25) is 9.52 Å². The van der Waals surface area contributed by atoms with Gasteiger partial charge in [0.1, 0.15) is 0 Å². The third-order valence-corrected chi connectivity index (χ3v) is 5.64. The third kappa shape index (κ3) is 6.22. The minimum Gasteiger partial charge on any atom is -0.350 e. The highest BCUT2D eigenvalue weighted by molar-refractivity contribution is 7.92. The second-order valence-corrected chi connectivity index (χ2v) is 8.25. The molecule has 0 aliphatic carbocycles. The SMILES string of the molecule is CCN[C@H](C)CNC(=O)c1cc(S(=O)(=O)Nc2ccccc2C)ccc1C.Cl. The molecule has 0 aromatic heterocycles. The molecule has 0 bridgehead atoms. The predicted molar refractivity (Wildman–Crippen MR) is 116 cm³/mol. The number of anilines is 1. The molecular weight excluding hydrogens is 398 g/mol. The summed E-state index contributed by atoms with van der Waals surface area (Å²) in [5.41, 5.74) is 2.41. The summed E-state index contributed by atoms with van der Waals surface area (Å²) in [7, 11) is -3.79. The second-order valence-electron chi connectivity index (χ2n) is 6.57. The normalized spacial score (nSPS) is 12.0. The van der Waals surface area contributed by atoms with Crippen LogP contribution in [0.3, 0.4) is 0 Å². The summed E-state index contributed by atoms with van der Waals surface area (Å²) >= 11 is 0. The zero-order chi connectivity index (χ0) is 20.0. The van der Waals surface area contributed by atoms with Gasteiger partial charge in [0.25, 0.3) is 15.9 Å². The smallest absolute Gasteiger partial charge is 0.261 e. The van der Waals surface area contributed by atoms with E-state index in [9.17, 15) is 13.2 Å². The summed E-state index contributed by atoms with van der Waals surface area (Å²) in [4.78, 5) is 12.6. The van der Waals surface area contributed by atoms with Gasteiger partial charge in [-0.05, 0) is 56.6 Å². The predicted octanol–water partition coefficient (Wildman–Crippen LogP) is 3.25. The number of benzene rings is 2. The lowest BCUT2D eigenvalue weighted by Crippen LogP contribution is -2.39. The Morgan fingerprint density at radius 1 is 1.07 bits per heavy atom. The maximum Gasteiger partial charge on any atom is 0.261 e. The minimum absolute atomic E-state index is 0. The summed E-state index contributed by atoms with van der Waals surface area (Å²) in [6.45, 7) is 8.87. The molecule has 0 radical (unpaired) electrons. The molecule has 2 aromatic rings. The first kappa shape index (κ1) is 23.9. The number of carbonyl (C=O) groups excluding carboxylic acids is 1. The molecule has 8 heteroatoms. The Morgan fingerprint density at radius 2 is 1.75 bits per heavy atom. The van der Waals surface area contributed by atoms with Gasteiger partial charge >= 0.3 is 0 Å². The summed E-state index contributed by atoms with van der Waals surface area (Å²) in [6, 6.07) is 11.9. The molecule has 28 heavy (non-hydrogen) atoms. The van der Waals surface area contributed by atoms with Crippen LogP contribution in [0.4, 0.5) is 5.69 Å². The average Bonchev–Trinajstić information content (AvgIpc) is 2.62. The standard InChI is InChI=1S/C20H27N3O3S.ClH/c1-5-21-16(4)13-22-20(24)18-12-17(11-10-14(18)2)27(25,26)23-19-9-7-6-8-15(19)3;/h6-12,16,21,23H,5,13H2,1-4H3,(H,22,24);1H/t16-;/m1./s1. The highest BCUT2D eigenvalue weighted by atomic mass is 35.5. The molecule has 1 atom stereocenters. The Morgan fingerprint density at radius 3 is 2.39 bits per heavy atom. The molecule has 1 amide bonds. The largest absolute Gasteiger partial charge is 0.350 e. The van der Waals surface area contributed by atoms with Gasteiger partial charge in [0.15, 0.2) is 0 Å². The van der Waals surface area contributed by atoms with Crippen LogP contribution >= 0.6 is 12.4 Å². The van der Waals surface area contributed by atoms with E-state index in [4.69, 9.17) is 0 Å². The van der Waals surface area contributed by atoms with Crippen molar-refractivity contribution in [2.75, 3.05) is 17.8 Å². The van der Waals surface area contributed by atoms with Crippen LogP contribution in [0.5, 0.6) is 0 Å². The Kier molecular flexibility index (Phi) is 8.94. The highest BCUT2D eigenvalue weighted by Crippen LogP contribution is 2.21. The monoisotopic (exact) mass is 425 g/mol. The fourth-order valence-corrected chi connectivity index (χ4v) is 3.82. The van der Waals surface area contributed by atoms with Gasteiger partial charge in [0.05, 0.1) is 10.6 Å². The molecule has 2 aromatic carbocycles. The fraction of sp³-hybridized carbons (Fsp3) is 0.350. The average molecular weight is 426 g/mol. The zero-order valence-electron chi connectivity index (χ0n) is 16.6. The third-order valence-electron chi connectivity index (χ3n) is 4.27. The molecule has 0 fully saturated rings. The van der Waals surface area contributed by atoms with Gasteiger partial charge in [0, 0.05) is 18.2 Å². The lowest BCUT2D eigenvalue weighted by molar-refractivity contribution is 0.0949. The number of hydrogen-bond donors (Lipinski definition) is 3. The van der Waals surface area contributed by atoms with Crippen LogP contribution < -0.4 is 15.4 Å². The summed E-state index contributed by atoms with van der Waals surface area (Å²) < 4.78 is 28.1. The molecule has 3 N–H and O–H groups in total. The van der Waals surface area contributed by atoms with Crippen LogP contribution in [0.1, 0.15) is 35.3 Å². The van der Waals surface area contributed by atoms with Crippen molar-refractivity contribution in [1.29, 1.82) is 0 Å². The highest BCUT2D eigenvalue weighted by Gasteiger charge is 2.19. The molecule has 0 spiro atoms. The first-order valence-electron chi connectivity index (χ1n) is 8.95. The van der Waals surface area contributed by atoms with E-state index in [2.05, 4.69) is 15.4 Å². The van der Waals surface area contributed by atoms with E-state index in [1.165, 1.54) is 12.1 Å². The van der Waals surface area contributed by atoms with Crippen LogP contribution in [0.15, 0.2) is 47.4 Å². The first-order valence-corrected chi connectivity index (χ1v) is 10.4. The number of likely N-dealkylation sites (N-methyl/N-ethyl adjacent to an activating group) is 1.